The first kappa shape index (κ1) is 26.5. The summed E-state index contributed by atoms with van der Waals surface area (Å²) < 4.78 is 27.7. The number of pyridine rings is 1. The van der Waals surface area contributed by atoms with E-state index < -0.39 is 10.0 Å². The second-order valence-electron chi connectivity index (χ2n) is 8.93. The first-order valence-corrected chi connectivity index (χ1v) is 14.8. The van der Waals surface area contributed by atoms with Gasteiger partial charge in [-0.3, -0.25) is 19.3 Å². The third-order valence-electron chi connectivity index (χ3n) is 6.25. The van der Waals surface area contributed by atoms with Crippen molar-refractivity contribution in [3.63, 3.8) is 0 Å². The Morgan fingerprint density at radius 2 is 1.67 bits per heavy atom. The maximum Gasteiger partial charge on any atom is 0.261 e. The maximum atomic E-state index is 12.8. The van der Waals surface area contributed by atoms with E-state index in [2.05, 4.69) is 27.2 Å². The fourth-order valence-corrected chi connectivity index (χ4v) is 6.49. The van der Waals surface area contributed by atoms with Crippen LogP contribution < -0.4 is 10.0 Å². The van der Waals surface area contributed by atoms with Crippen LogP contribution in [-0.4, -0.2) is 42.4 Å². The zero-order valence-corrected chi connectivity index (χ0v) is 22.5. The number of carbonyl (C=O) groups excluding carboxylic acids is 2. The lowest BCUT2D eigenvalue weighted by atomic mass is 10.1. The van der Waals surface area contributed by atoms with E-state index in [1.807, 2.05) is 35.2 Å². The van der Waals surface area contributed by atoms with Crippen LogP contribution in [0.5, 0.6) is 0 Å². The highest BCUT2D eigenvalue weighted by Gasteiger charge is 2.32. The molecule has 0 aliphatic carbocycles. The Kier molecular flexibility index (Phi) is 7.94. The minimum Gasteiger partial charge on any atom is -0.326 e. The van der Waals surface area contributed by atoms with Crippen LogP contribution in [0.3, 0.4) is 0 Å². The van der Waals surface area contributed by atoms with Gasteiger partial charge in [0.05, 0.1) is 22.5 Å². The molecule has 4 aromatic rings. The molecular formula is C29H26N4O4S2. The fraction of sp³-hybridized carbons (Fsp3) is 0.138. The Balaban J connectivity index is 1.21. The van der Waals surface area contributed by atoms with Crippen molar-refractivity contribution in [1.29, 1.82) is 0 Å². The van der Waals surface area contributed by atoms with E-state index in [-0.39, 0.29) is 22.1 Å². The average molecular weight is 559 g/mol. The van der Waals surface area contributed by atoms with Crippen LogP contribution in [0.4, 0.5) is 11.4 Å². The molecule has 1 aromatic heterocycles. The number of nitrogens with zero attached hydrogens (tertiary/aromatic N) is 2. The van der Waals surface area contributed by atoms with Gasteiger partial charge in [0.25, 0.3) is 15.9 Å². The maximum absolute atomic E-state index is 12.8. The van der Waals surface area contributed by atoms with E-state index in [4.69, 9.17) is 0 Å². The van der Waals surface area contributed by atoms with Crippen molar-refractivity contribution >= 4 is 45.0 Å². The number of amides is 2. The molecule has 2 amide bonds. The van der Waals surface area contributed by atoms with Crippen LogP contribution >= 0.6 is 11.8 Å². The van der Waals surface area contributed by atoms with Gasteiger partial charge in [-0.15, -0.1) is 11.8 Å². The number of carbonyl (C=O) groups is 2. The van der Waals surface area contributed by atoms with Crippen molar-refractivity contribution in [3.05, 3.63) is 120 Å². The van der Waals surface area contributed by atoms with Gasteiger partial charge in [0, 0.05) is 24.0 Å². The summed E-state index contributed by atoms with van der Waals surface area (Å²) in [4.78, 5) is 31.2. The van der Waals surface area contributed by atoms with Gasteiger partial charge in [0.1, 0.15) is 5.37 Å². The SMILES string of the molecule is O=C(Nc1ccc(S(=O)(=O)Nc2cccnc2)cc1)c1ccc(C2SCC(=O)N2CCc2ccccc2)cc1. The van der Waals surface area contributed by atoms with Crippen LogP contribution in [0.25, 0.3) is 0 Å². The quantitative estimate of drug-likeness (QED) is 0.301. The van der Waals surface area contributed by atoms with Crippen LogP contribution in [0.1, 0.15) is 26.9 Å². The lowest BCUT2D eigenvalue weighted by Crippen LogP contribution is -2.30. The first-order valence-electron chi connectivity index (χ1n) is 12.3. The van der Waals surface area contributed by atoms with Gasteiger partial charge in [-0.2, -0.15) is 0 Å². The zero-order valence-electron chi connectivity index (χ0n) is 20.9. The summed E-state index contributed by atoms with van der Waals surface area (Å²) in [7, 11) is -3.78. The number of sulfonamides is 1. The topological polar surface area (TPSA) is 108 Å². The molecule has 2 N–H and O–H groups in total. The lowest BCUT2D eigenvalue weighted by molar-refractivity contribution is -0.128. The second-order valence-corrected chi connectivity index (χ2v) is 11.7. The lowest BCUT2D eigenvalue weighted by Gasteiger charge is -2.24. The number of aromatic nitrogens is 1. The number of rotatable bonds is 9. The largest absolute Gasteiger partial charge is 0.326 e. The Labute approximate surface area is 231 Å². The van der Waals surface area contributed by atoms with Crippen molar-refractivity contribution in [3.8, 4) is 0 Å². The van der Waals surface area contributed by atoms with E-state index in [0.717, 1.165) is 12.0 Å². The van der Waals surface area contributed by atoms with Crippen LogP contribution in [0.15, 0.2) is 108 Å². The molecule has 1 atom stereocenters. The molecule has 1 aliphatic heterocycles. The van der Waals surface area contributed by atoms with Gasteiger partial charge in [0.15, 0.2) is 0 Å². The molecule has 0 bridgehead atoms. The van der Waals surface area contributed by atoms with Crippen molar-refractivity contribution < 1.29 is 18.0 Å². The summed E-state index contributed by atoms with van der Waals surface area (Å²) in [5.41, 5.74) is 3.43. The highest BCUT2D eigenvalue weighted by Crippen LogP contribution is 2.38. The van der Waals surface area contributed by atoms with Gasteiger partial charge >= 0.3 is 0 Å². The monoisotopic (exact) mass is 558 g/mol. The molecule has 1 fully saturated rings. The standard InChI is InChI=1S/C29H26N4O4S2/c34-27-20-38-29(33(27)18-16-21-5-2-1-3-6-21)23-10-8-22(9-11-23)28(35)31-24-12-14-26(15-13-24)39(36,37)32-25-7-4-17-30-19-25/h1-15,17,19,29,32H,16,18,20H2,(H,31,35). The molecule has 10 heteroatoms. The molecule has 0 radical (unpaired) electrons. The Bertz CT molecular complexity index is 1550. The van der Waals surface area contributed by atoms with E-state index in [1.54, 1.807) is 42.2 Å². The van der Waals surface area contributed by atoms with Crippen LogP contribution in [-0.2, 0) is 21.2 Å². The number of anilines is 2. The molecule has 2 heterocycles. The molecule has 8 nitrogen and oxygen atoms in total. The molecule has 3 aromatic carbocycles. The summed E-state index contributed by atoms with van der Waals surface area (Å²) in [6.07, 6.45) is 3.76. The molecule has 1 saturated heterocycles. The molecule has 0 saturated carbocycles. The van der Waals surface area contributed by atoms with Crippen molar-refractivity contribution in [2.24, 2.45) is 0 Å². The average Bonchev–Trinajstić information content (AvgIpc) is 3.33. The number of hydrogen-bond acceptors (Lipinski definition) is 6. The third kappa shape index (κ3) is 6.47. The zero-order chi connectivity index (χ0) is 27.2. The van der Waals surface area contributed by atoms with Crippen molar-refractivity contribution in [2.45, 2.75) is 16.7 Å². The summed E-state index contributed by atoms with van der Waals surface area (Å²) in [6.45, 7) is 0.631. The molecule has 39 heavy (non-hydrogen) atoms. The third-order valence-corrected chi connectivity index (χ3v) is 8.90. The Morgan fingerprint density at radius 1 is 0.923 bits per heavy atom. The van der Waals surface area contributed by atoms with Gasteiger partial charge in [-0.05, 0) is 66.1 Å². The first-order chi connectivity index (χ1) is 18.9. The predicted octanol–water partition coefficient (Wildman–Crippen LogP) is 4.95. The summed E-state index contributed by atoms with van der Waals surface area (Å²) >= 11 is 1.59. The van der Waals surface area contributed by atoms with E-state index in [0.29, 0.717) is 29.2 Å². The van der Waals surface area contributed by atoms with E-state index in [9.17, 15) is 18.0 Å². The van der Waals surface area contributed by atoms with E-state index in [1.165, 1.54) is 36.0 Å². The highest BCUT2D eigenvalue weighted by atomic mass is 32.2. The number of nitrogens with one attached hydrogen (secondary N) is 2. The minimum atomic E-state index is -3.78. The minimum absolute atomic E-state index is 0.0640. The summed E-state index contributed by atoms with van der Waals surface area (Å²) in [6, 6.07) is 26.5. The highest BCUT2D eigenvalue weighted by molar-refractivity contribution is 8.00. The molecule has 1 aliphatic rings. The molecular weight excluding hydrogens is 532 g/mol. The smallest absolute Gasteiger partial charge is 0.261 e. The Hall–Kier alpha value is -4.15. The Morgan fingerprint density at radius 3 is 2.36 bits per heavy atom. The van der Waals surface area contributed by atoms with Gasteiger partial charge in [-0.1, -0.05) is 42.5 Å². The van der Waals surface area contributed by atoms with Gasteiger partial charge < -0.3 is 10.2 Å². The fourth-order valence-electron chi connectivity index (χ4n) is 4.22. The van der Waals surface area contributed by atoms with E-state index >= 15 is 0 Å². The van der Waals surface area contributed by atoms with Crippen molar-refractivity contribution in [1.82, 2.24) is 9.88 Å². The molecule has 5 rings (SSSR count). The number of hydrogen-bond donors (Lipinski definition) is 2. The normalized spacial score (nSPS) is 15.2. The molecule has 0 spiro atoms. The van der Waals surface area contributed by atoms with Crippen LogP contribution in [0, 0.1) is 0 Å². The summed E-state index contributed by atoms with van der Waals surface area (Å²) in [5.74, 6) is 0.233. The predicted molar refractivity (Wildman–Crippen MR) is 153 cm³/mol. The number of benzene rings is 3. The van der Waals surface area contributed by atoms with Crippen molar-refractivity contribution in [2.75, 3.05) is 22.3 Å². The second kappa shape index (κ2) is 11.7. The van der Waals surface area contributed by atoms with Gasteiger partial charge in [0.2, 0.25) is 5.91 Å². The summed E-state index contributed by atoms with van der Waals surface area (Å²) in [5, 5.41) is 2.71. The molecule has 1 unspecified atom stereocenters. The number of thioether (sulfide) groups is 1. The van der Waals surface area contributed by atoms with Crippen LogP contribution in [0.2, 0.25) is 0 Å². The van der Waals surface area contributed by atoms with Gasteiger partial charge in [-0.25, -0.2) is 8.42 Å². The molecule has 198 valence electrons.